The van der Waals surface area contributed by atoms with Gasteiger partial charge in [-0.2, -0.15) is 18.4 Å². The fourth-order valence-corrected chi connectivity index (χ4v) is 5.01. The third kappa shape index (κ3) is 6.23. The molecule has 210 valence electrons. The van der Waals surface area contributed by atoms with Crippen molar-refractivity contribution in [2.24, 2.45) is 0 Å². The van der Waals surface area contributed by atoms with Crippen LogP contribution in [0.4, 0.5) is 23.2 Å². The quantitative estimate of drug-likeness (QED) is 0.262. The molecule has 3 amide bonds. The third-order valence-corrected chi connectivity index (χ3v) is 7.26. The number of piperazine rings is 1. The van der Waals surface area contributed by atoms with Crippen LogP contribution in [-0.2, 0) is 15.8 Å². The van der Waals surface area contributed by atoms with Gasteiger partial charge < -0.3 is 4.90 Å². The molecule has 0 aromatic heterocycles. The van der Waals surface area contributed by atoms with Crippen molar-refractivity contribution in [1.29, 1.82) is 5.26 Å². The number of alkyl halides is 3. The Morgan fingerprint density at radius 2 is 1.70 bits per heavy atom. The van der Waals surface area contributed by atoms with Gasteiger partial charge in [-0.15, -0.1) is 0 Å². The number of anilines is 1. The lowest BCUT2D eigenvalue weighted by Gasteiger charge is -2.34. The van der Waals surface area contributed by atoms with Crippen molar-refractivity contribution in [2.75, 3.05) is 37.6 Å². The van der Waals surface area contributed by atoms with E-state index in [9.17, 15) is 31.9 Å². The van der Waals surface area contributed by atoms with E-state index < -0.39 is 34.9 Å². The van der Waals surface area contributed by atoms with Gasteiger partial charge in [0.1, 0.15) is 5.82 Å². The lowest BCUT2D eigenvalue weighted by molar-refractivity contribution is -0.138. The van der Waals surface area contributed by atoms with Gasteiger partial charge in [0.15, 0.2) is 0 Å². The van der Waals surface area contributed by atoms with Gasteiger partial charge in [0.2, 0.25) is 0 Å². The molecule has 2 aromatic rings. The normalized spacial score (nSPS) is 16.6. The molecule has 2 aliphatic heterocycles. The van der Waals surface area contributed by atoms with Crippen molar-refractivity contribution >= 4 is 23.4 Å². The number of rotatable bonds is 8. The summed E-state index contributed by atoms with van der Waals surface area (Å²) in [6.45, 7) is 4.76. The minimum atomic E-state index is -4.80. The van der Waals surface area contributed by atoms with Gasteiger partial charge in [-0.3, -0.25) is 19.3 Å². The predicted molar refractivity (Wildman–Crippen MR) is 139 cm³/mol. The zero-order chi connectivity index (χ0) is 29.0. The van der Waals surface area contributed by atoms with Crippen LogP contribution >= 0.6 is 0 Å². The maximum Gasteiger partial charge on any atom is 0.417 e. The number of hydrogen-bond donors (Lipinski definition) is 0. The average molecular weight is 557 g/mol. The summed E-state index contributed by atoms with van der Waals surface area (Å²) in [6.07, 6.45) is -2.25. The molecule has 0 N–H and O–H groups in total. The molecule has 2 aromatic carbocycles. The van der Waals surface area contributed by atoms with Gasteiger partial charge in [0.25, 0.3) is 17.7 Å². The molecule has 2 heterocycles. The van der Waals surface area contributed by atoms with Crippen molar-refractivity contribution in [3.05, 3.63) is 76.1 Å². The number of amides is 3. The highest BCUT2D eigenvalue weighted by molar-refractivity contribution is 6.32. The molecule has 40 heavy (non-hydrogen) atoms. The Labute approximate surface area is 229 Å². The second-order valence-electron chi connectivity index (χ2n) is 9.84. The summed E-state index contributed by atoms with van der Waals surface area (Å²) in [6, 6.07) is 9.93. The smallest absolute Gasteiger partial charge is 0.336 e. The summed E-state index contributed by atoms with van der Waals surface area (Å²) < 4.78 is 53.6. The molecule has 1 saturated heterocycles. The fraction of sp³-hybridized carbons (Fsp3) is 0.379. The zero-order valence-electron chi connectivity index (χ0n) is 21.9. The Kier molecular flexibility index (Phi) is 8.69. The Bertz CT molecular complexity index is 1390. The SMILES string of the molecule is CC1=C(CCCCCN2CCN(C(=O)c3cccc(F)c3)CC2)C(=O)N(c2ccc(C#N)c(C(F)(F)F)c2)C1=O. The maximum atomic E-state index is 13.4. The zero-order valence-corrected chi connectivity index (χ0v) is 21.9. The highest BCUT2D eigenvalue weighted by Crippen LogP contribution is 2.37. The van der Waals surface area contributed by atoms with Crippen molar-refractivity contribution in [3.63, 3.8) is 0 Å². The van der Waals surface area contributed by atoms with E-state index in [1.54, 1.807) is 11.0 Å². The minimum Gasteiger partial charge on any atom is -0.336 e. The number of nitriles is 1. The Morgan fingerprint density at radius 1 is 0.975 bits per heavy atom. The fourth-order valence-electron chi connectivity index (χ4n) is 5.01. The first-order valence-corrected chi connectivity index (χ1v) is 13.0. The third-order valence-electron chi connectivity index (χ3n) is 7.26. The van der Waals surface area contributed by atoms with E-state index in [4.69, 9.17) is 5.26 Å². The standard InChI is InChI=1S/C29H28F4N4O3/c1-19-24(28(40)37(26(19)38)23-10-9-21(18-34)25(17-23)29(31,32)33)8-3-2-4-11-35-12-14-36(15-13-35)27(39)20-6-5-7-22(30)16-20/h5-7,9-10,16-17H,2-4,8,11-15H2,1H3. The van der Waals surface area contributed by atoms with E-state index in [-0.39, 0.29) is 22.7 Å². The van der Waals surface area contributed by atoms with Crippen LogP contribution in [0.15, 0.2) is 53.6 Å². The maximum absolute atomic E-state index is 13.4. The van der Waals surface area contributed by atoms with Gasteiger partial charge in [-0.1, -0.05) is 12.5 Å². The van der Waals surface area contributed by atoms with E-state index in [0.717, 1.165) is 30.4 Å². The number of hydrogen-bond acceptors (Lipinski definition) is 5. The highest BCUT2D eigenvalue weighted by atomic mass is 19.4. The van der Waals surface area contributed by atoms with Crippen LogP contribution in [0.1, 0.15) is 54.1 Å². The molecule has 0 bridgehead atoms. The van der Waals surface area contributed by atoms with Gasteiger partial charge in [0.05, 0.1) is 22.9 Å². The molecule has 1 fully saturated rings. The lowest BCUT2D eigenvalue weighted by atomic mass is 10.0. The average Bonchev–Trinajstić information content (AvgIpc) is 3.14. The second-order valence-corrected chi connectivity index (χ2v) is 9.84. The molecular formula is C29H28F4N4O3. The van der Waals surface area contributed by atoms with Crippen LogP contribution in [0.3, 0.4) is 0 Å². The van der Waals surface area contributed by atoms with Crippen molar-refractivity contribution < 1.29 is 31.9 Å². The molecular weight excluding hydrogens is 528 g/mol. The van der Waals surface area contributed by atoms with Crippen molar-refractivity contribution in [1.82, 2.24) is 9.80 Å². The molecule has 0 spiro atoms. The van der Waals surface area contributed by atoms with E-state index in [1.807, 2.05) is 0 Å². The molecule has 0 atom stereocenters. The molecule has 7 nitrogen and oxygen atoms in total. The molecule has 4 rings (SSSR count). The van der Waals surface area contributed by atoms with E-state index >= 15 is 0 Å². The topological polar surface area (TPSA) is 84.7 Å². The lowest BCUT2D eigenvalue weighted by Crippen LogP contribution is -2.48. The number of benzene rings is 2. The van der Waals surface area contributed by atoms with Crippen molar-refractivity contribution in [2.45, 2.75) is 38.8 Å². The first-order chi connectivity index (χ1) is 19.0. The van der Waals surface area contributed by atoms with Crippen molar-refractivity contribution in [3.8, 4) is 6.07 Å². The van der Waals surface area contributed by atoms with Crippen LogP contribution in [0.25, 0.3) is 0 Å². The summed E-state index contributed by atoms with van der Waals surface area (Å²) in [5.74, 6) is -1.94. The van der Waals surface area contributed by atoms with Crippen LogP contribution in [0.2, 0.25) is 0 Å². The number of unbranched alkanes of at least 4 members (excludes halogenated alkanes) is 2. The molecule has 2 aliphatic rings. The summed E-state index contributed by atoms with van der Waals surface area (Å²) in [5, 5.41) is 9.00. The first-order valence-electron chi connectivity index (χ1n) is 13.0. The van der Waals surface area contributed by atoms with E-state index in [2.05, 4.69) is 4.90 Å². The van der Waals surface area contributed by atoms with Crippen LogP contribution in [0.5, 0.6) is 0 Å². The Balaban J connectivity index is 1.25. The van der Waals surface area contributed by atoms with E-state index in [1.165, 1.54) is 37.3 Å². The van der Waals surface area contributed by atoms with Gasteiger partial charge >= 0.3 is 6.18 Å². The number of carbonyl (C=O) groups excluding carboxylic acids is 3. The highest BCUT2D eigenvalue weighted by Gasteiger charge is 2.39. The van der Waals surface area contributed by atoms with Crippen LogP contribution < -0.4 is 4.90 Å². The second kappa shape index (κ2) is 12.0. The monoisotopic (exact) mass is 556 g/mol. The predicted octanol–water partition coefficient (Wildman–Crippen LogP) is 4.92. The van der Waals surface area contributed by atoms with Gasteiger partial charge in [-0.05, 0) is 69.1 Å². The van der Waals surface area contributed by atoms with Crippen LogP contribution in [0, 0.1) is 17.1 Å². The Morgan fingerprint density at radius 3 is 2.35 bits per heavy atom. The largest absolute Gasteiger partial charge is 0.417 e. The van der Waals surface area contributed by atoms with Gasteiger partial charge in [-0.25, -0.2) is 9.29 Å². The first kappa shape index (κ1) is 29.0. The molecule has 0 unspecified atom stereocenters. The summed E-state index contributed by atoms with van der Waals surface area (Å²) in [4.78, 5) is 43.0. The summed E-state index contributed by atoms with van der Waals surface area (Å²) in [7, 11) is 0. The molecule has 11 heteroatoms. The van der Waals surface area contributed by atoms with E-state index in [0.29, 0.717) is 50.7 Å². The number of carbonyl (C=O) groups is 3. The molecule has 0 radical (unpaired) electrons. The number of imide groups is 1. The molecule has 0 saturated carbocycles. The van der Waals surface area contributed by atoms with Gasteiger partial charge in [0, 0.05) is 42.9 Å². The Hall–Kier alpha value is -4.04. The number of nitrogens with zero attached hydrogens (tertiary/aromatic N) is 4. The summed E-state index contributed by atoms with van der Waals surface area (Å²) >= 11 is 0. The minimum absolute atomic E-state index is 0.191. The molecule has 0 aliphatic carbocycles. The van der Waals surface area contributed by atoms with Crippen LogP contribution in [-0.4, -0.2) is 60.2 Å². The number of halogens is 4. The summed E-state index contributed by atoms with van der Waals surface area (Å²) in [5.41, 5.74) is -1.17.